The van der Waals surface area contributed by atoms with Gasteiger partial charge >= 0.3 is 0 Å². The number of hydrogen-bond donors (Lipinski definition) is 0. The van der Waals surface area contributed by atoms with E-state index in [-0.39, 0.29) is 0 Å². The van der Waals surface area contributed by atoms with Crippen LogP contribution in [-0.4, -0.2) is 15.0 Å². The van der Waals surface area contributed by atoms with Crippen molar-refractivity contribution in [2.75, 3.05) is 0 Å². The molecular weight excluding hydrogens is 170 g/mol. The van der Waals surface area contributed by atoms with Gasteiger partial charge in [0.2, 0.25) is 0 Å². The molecule has 0 aliphatic rings. The van der Waals surface area contributed by atoms with Crippen LogP contribution >= 0.6 is 11.3 Å². The summed E-state index contributed by atoms with van der Waals surface area (Å²) in [6.07, 6.45) is 5.12. The molecule has 60 valence electrons. The fraction of sp³-hybridized carbons (Fsp3) is 0.125. The van der Waals surface area contributed by atoms with Crippen LogP contribution in [0.25, 0.3) is 10.7 Å². The Hall–Kier alpha value is -1.29. The van der Waals surface area contributed by atoms with Gasteiger partial charge in [-0.1, -0.05) is 0 Å². The molecule has 0 amide bonds. The van der Waals surface area contributed by atoms with Crippen molar-refractivity contribution in [1.82, 2.24) is 15.0 Å². The lowest BCUT2D eigenvalue weighted by Crippen LogP contribution is -1.87. The summed E-state index contributed by atoms with van der Waals surface area (Å²) < 4.78 is 0. The van der Waals surface area contributed by atoms with Crippen LogP contribution in [0.2, 0.25) is 0 Å². The van der Waals surface area contributed by atoms with Gasteiger partial charge in [0.15, 0.2) is 0 Å². The summed E-state index contributed by atoms with van der Waals surface area (Å²) in [6, 6.07) is 0. The minimum Gasteiger partial charge on any atom is -0.244 e. The molecule has 4 heteroatoms. The largest absolute Gasteiger partial charge is 0.244 e. The standard InChI is InChI=1S/C8H7N3S/c1-6-4-9-5-11-7(6)8-10-2-3-12-8/h2-5H,1H3. The number of aryl methyl sites for hydroxylation is 1. The molecule has 3 nitrogen and oxygen atoms in total. The Labute approximate surface area is 74.2 Å². The first-order chi connectivity index (χ1) is 5.88. The predicted octanol–water partition coefficient (Wildman–Crippen LogP) is 1.91. The molecule has 0 atom stereocenters. The van der Waals surface area contributed by atoms with Crippen molar-refractivity contribution in [3.63, 3.8) is 0 Å². The topological polar surface area (TPSA) is 38.7 Å². The van der Waals surface area contributed by atoms with E-state index in [1.807, 2.05) is 12.3 Å². The van der Waals surface area contributed by atoms with Crippen LogP contribution in [0.15, 0.2) is 24.1 Å². The zero-order valence-electron chi connectivity index (χ0n) is 6.56. The van der Waals surface area contributed by atoms with E-state index in [4.69, 9.17) is 0 Å². The average molecular weight is 177 g/mol. The number of aromatic nitrogens is 3. The van der Waals surface area contributed by atoms with E-state index >= 15 is 0 Å². The van der Waals surface area contributed by atoms with Crippen molar-refractivity contribution in [1.29, 1.82) is 0 Å². The first kappa shape index (κ1) is 7.36. The molecule has 2 aromatic rings. The van der Waals surface area contributed by atoms with E-state index < -0.39 is 0 Å². The van der Waals surface area contributed by atoms with Crippen molar-refractivity contribution in [2.24, 2.45) is 0 Å². The van der Waals surface area contributed by atoms with Gasteiger partial charge < -0.3 is 0 Å². The van der Waals surface area contributed by atoms with Crippen LogP contribution in [0, 0.1) is 6.92 Å². The lowest BCUT2D eigenvalue weighted by molar-refractivity contribution is 1.13. The van der Waals surface area contributed by atoms with Crippen LogP contribution in [0.4, 0.5) is 0 Å². The minimum absolute atomic E-state index is 0.931. The summed E-state index contributed by atoms with van der Waals surface area (Å²) in [6.45, 7) is 1.98. The molecule has 0 unspecified atom stereocenters. The van der Waals surface area contributed by atoms with Crippen LogP contribution in [0.5, 0.6) is 0 Å². The number of hydrogen-bond acceptors (Lipinski definition) is 4. The number of nitrogens with zero attached hydrogens (tertiary/aromatic N) is 3. The molecule has 0 saturated carbocycles. The SMILES string of the molecule is Cc1cncnc1-c1nccs1. The highest BCUT2D eigenvalue weighted by atomic mass is 32.1. The number of rotatable bonds is 1. The Morgan fingerprint density at radius 2 is 2.25 bits per heavy atom. The average Bonchev–Trinajstić information content (AvgIpc) is 2.57. The molecule has 2 rings (SSSR count). The number of thiazole rings is 1. The van der Waals surface area contributed by atoms with Crippen LogP contribution in [-0.2, 0) is 0 Å². The highest BCUT2D eigenvalue weighted by Gasteiger charge is 2.03. The van der Waals surface area contributed by atoms with E-state index in [0.29, 0.717) is 0 Å². The van der Waals surface area contributed by atoms with Gasteiger partial charge in [-0.25, -0.2) is 15.0 Å². The van der Waals surface area contributed by atoms with E-state index in [1.54, 1.807) is 30.1 Å². The molecule has 0 spiro atoms. The van der Waals surface area contributed by atoms with Crippen molar-refractivity contribution in [3.05, 3.63) is 29.7 Å². The first-order valence-electron chi connectivity index (χ1n) is 3.54. The Morgan fingerprint density at radius 1 is 1.33 bits per heavy atom. The van der Waals surface area contributed by atoms with Crippen molar-refractivity contribution in [3.8, 4) is 10.7 Å². The van der Waals surface area contributed by atoms with Gasteiger partial charge in [-0.15, -0.1) is 11.3 Å². The van der Waals surface area contributed by atoms with Gasteiger partial charge in [-0.05, 0) is 12.5 Å². The smallest absolute Gasteiger partial charge is 0.142 e. The van der Waals surface area contributed by atoms with Gasteiger partial charge in [-0.2, -0.15) is 0 Å². The zero-order valence-corrected chi connectivity index (χ0v) is 7.38. The van der Waals surface area contributed by atoms with Crippen LogP contribution in [0.3, 0.4) is 0 Å². The second kappa shape index (κ2) is 2.98. The van der Waals surface area contributed by atoms with Gasteiger partial charge in [0.05, 0.1) is 0 Å². The normalized spacial score (nSPS) is 10.1. The van der Waals surface area contributed by atoms with E-state index in [0.717, 1.165) is 16.3 Å². The maximum absolute atomic E-state index is 4.18. The van der Waals surface area contributed by atoms with Crippen molar-refractivity contribution >= 4 is 11.3 Å². The third-order valence-corrected chi connectivity index (χ3v) is 2.31. The summed E-state index contributed by atoms with van der Waals surface area (Å²) in [5.74, 6) is 0. The van der Waals surface area contributed by atoms with Crippen LogP contribution < -0.4 is 0 Å². The summed E-state index contributed by atoms with van der Waals surface area (Å²) in [5.41, 5.74) is 1.99. The molecule has 12 heavy (non-hydrogen) atoms. The Kier molecular flexibility index (Phi) is 1.83. The van der Waals surface area contributed by atoms with Crippen molar-refractivity contribution in [2.45, 2.75) is 6.92 Å². The summed E-state index contributed by atoms with van der Waals surface area (Å²) in [4.78, 5) is 12.3. The minimum atomic E-state index is 0.931. The zero-order chi connectivity index (χ0) is 8.39. The quantitative estimate of drug-likeness (QED) is 0.667. The van der Waals surface area contributed by atoms with Gasteiger partial charge in [-0.3, -0.25) is 0 Å². The maximum Gasteiger partial charge on any atom is 0.142 e. The fourth-order valence-electron chi connectivity index (χ4n) is 0.963. The molecule has 0 N–H and O–H groups in total. The molecule has 0 fully saturated rings. The van der Waals surface area contributed by atoms with Crippen LogP contribution in [0.1, 0.15) is 5.56 Å². The monoisotopic (exact) mass is 177 g/mol. The highest BCUT2D eigenvalue weighted by Crippen LogP contribution is 2.21. The highest BCUT2D eigenvalue weighted by molar-refractivity contribution is 7.13. The van der Waals surface area contributed by atoms with Gasteiger partial charge in [0.1, 0.15) is 17.0 Å². The molecular formula is C8H7N3S. The van der Waals surface area contributed by atoms with Crippen molar-refractivity contribution < 1.29 is 0 Å². The summed E-state index contributed by atoms with van der Waals surface area (Å²) >= 11 is 1.59. The van der Waals surface area contributed by atoms with E-state index in [1.165, 1.54) is 0 Å². The molecule has 0 saturated heterocycles. The first-order valence-corrected chi connectivity index (χ1v) is 4.42. The van der Waals surface area contributed by atoms with E-state index in [2.05, 4.69) is 15.0 Å². The Balaban J connectivity index is 2.55. The lowest BCUT2D eigenvalue weighted by atomic mass is 10.3. The summed E-state index contributed by atoms with van der Waals surface area (Å²) in [5, 5.41) is 2.89. The second-order valence-corrected chi connectivity index (χ2v) is 3.29. The Morgan fingerprint density at radius 3 is 2.92 bits per heavy atom. The molecule has 0 aliphatic heterocycles. The fourth-order valence-corrected chi connectivity index (χ4v) is 1.66. The molecule has 2 aromatic heterocycles. The van der Waals surface area contributed by atoms with E-state index in [9.17, 15) is 0 Å². The van der Waals surface area contributed by atoms with Gasteiger partial charge in [0.25, 0.3) is 0 Å². The Bertz CT molecular complexity index is 370. The third-order valence-electron chi connectivity index (χ3n) is 1.53. The summed E-state index contributed by atoms with van der Waals surface area (Å²) in [7, 11) is 0. The second-order valence-electron chi connectivity index (χ2n) is 2.39. The molecule has 0 bridgehead atoms. The van der Waals surface area contributed by atoms with Gasteiger partial charge in [0, 0.05) is 17.8 Å². The molecule has 0 aliphatic carbocycles. The lowest BCUT2D eigenvalue weighted by Gasteiger charge is -1.97. The molecule has 0 radical (unpaired) electrons. The predicted molar refractivity (Wildman–Crippen MR) is 47.9 cm³/mol. The third kappa shape index (κ3) is 1.21. The maximum atomic E-state index is 4.18. The molecule has 0 aromatic carbocycles. The molecule has 2 heterocycles.